The predicted octanol–water partition coefficient (Wildman–Crippen LogP) is -0.595. The van der Waals surface area contributed by atoms with Crippen molar-refractivity contribution in [2.75, 3.05) is 5.73 Å². The summed E-state index contributed by atoms with van der Waals surface area (Å²) >= 11 is 0. The van der Waals surface area contributed by atoms with Crippen molar-refractivity contribution < 1.29 is 133 Å². The number of azo groups is 3. The molecular formula is C36H22N7Na3O10S3. The standard InChI is InChI=1S/C36H25N7O10S3.3Na/c37-21-8-10-25-20(16-21)17-34(56(51,52)53)35(36(25)44)43-42-32-14-15-33(29-19-24(55(48,49)50)9-11-28(29)32)41-40-31-13-12-30(26-6-1-2-7-27(26)31)39-38-22-4-3-5-23(18-22)54(45,46)47;;;/h1-19,44H,37H2,(H,45,46,47)(H,48,49,50)(H,51,52,53);;;/q;3*+1/p-3. The van der Waals surface area contributed by atoms with Gasteiger partial charge in [0.15, 0.2) is 5.75 Å². The van der Waals surface area contributed by atoms with E-state index in [9.17, 15) is 44.0 Å². The third-order valence-corrected chi connectivity index (χ3v) is 10.9. The first-order valence-electron chi connectivity index (χ1n) is 15.8. The van der Waals surface area contributed by atoms with E-state index in [2.05, 4.69) is 30.7 Å². The van der Waals surface area contributed by atoms with Gasteiger partial charge in [-0.25, -0.2) is 25.3 Å². The minimum atomic E-state index is -5.19. The molecule has 0 radical (unpaired) electrons. The Bertz CT molecular complexity index is 3230. The monoisotopic (exact) mass is 877 g/mol. The Kier molecular flexibility index (Phi) is 15.5. The molecule has 282 valence electrons. The van der Waals surface area contributed by atoms with Crippen LogP contribution < -0.4 is 94.4 Å². The Morgan fingerprint density at radius 2 is 0.949 bits per heavy atom. The number of anilines is 1. The molecule has 0 saturated carbocycles. The number of phenolic OH excluding ortho intramolecular Hbond substituents is 1. The van der Waals surface area contributed by atoms with E-state index in [4.69, 9.17) is 5.73 Å². The van der Waals surface area contributed by atoms with Gasteiger partial charge in [0.25, 0.3) is 0 Å². The molecule has 0 fully saturated rings. The Morgan fingerprint density at radius 3 is 1.51 bits per heavy atom. The number of rotatable bonds is 9. The molecule has 0 heterocycles. The molecule has 0 saturated heterocycles. The van der Waals surface area contributed by atoms with Crippen LogP contribution in [-0.4, -0.2) is 44.0 Å². The third kappa shape index (κ3) is 10.7. The van der Waals surface area contributed by atoms with Gasteiger partial charge in [-0.1, -0.05) is 36.4 Å². The van der Waals surface area contributed by atoms with Crippen molar-refractivity contribution in [3.05, 3.63) is 115 Å². The van der Waals surface area contributed by atoms with Gasteiger partial charge in [-0.05, 0) is 84.2 Å². The fourth-order valence-electron chi connectivity index (χ4n) is 5.75. The van der Waals surface area contributed by atoms with Crippen molar-refractivity contribution in [3.8, 4) is 5.75 Å². The third-order valence-electron chi connectivity index (χ3n) is 8.36. The summed E-state index contributed by atoms with van der Waals surface area (Å²) in [4.78, 5) is -1.92. The van der Waals surface area contributed by atoms with Gasteiger partial charge in [0.1, 0.15) is 36.0 Å². The van der Waals surface area contributed by atoms with Gasteiger partial charge >= 0.3 is 88.7 Å². The quantitative estimate of drug-likeness (QED) is 0.0799. The van der Waals surface area contributed by atoms with Crippen LogP contribution in [0.15, 0.2) is 161 Å². The van der Waals surface area contributed by atoms with Crippen LogP contribution in [0.1, 0.15) is 0 Å². The van der Waals surface area contributed by atoms with Crippen LogP contribution in [0.3, 0.4) is 0 Å². The summed E-state index contributed by atoms with van der Waals surface area (Å²) in [6, 6.07) is 26.5. The van der Waals surface area contributed by atoms with Gasteiger partial charge < -0.3 is 24.5 Å². The van der Waals surface area contributed by atoms with E-state index in [0.717, 1.165) is 30.3 Å². The van der Waals surface area contributed by atoms with Gasteiger partial charge in [0.2, 0.25) is 0 Å². The molecule has 59 heavy (non-hydrogen) atoms. The number of fused-ring (bicyclic) bond motifs is 3. The van der Waals surface area contributed by atoms with E-state index in [1.165, 1.54) is 48.5 Å². The molecule has 17 nitrogen and oxygen atoms in total. The number of aromatic hydroxyl groups is 1. The van der Waals surface area contributed by atoms with E-state index in [1.54, 1.807) is 36.4 Å². The average molecular weight is 878 g/mol. The van der Waals surface area contributed by atoms with Crippen LogP contribution >= 0.6 is 0 Å². The molecule has 23 heteroatoms. The molecule has 7 aromatic rings. The second-order valence-electron chi connectivity index (χ2n) is 12.0. The molecule has 0 atom stereocenters. The molecule has 0 bridgehead atoms. The Hall–Kier alpha value is -3.55. The van der Waals surface area contributed by atoms with Crippen LogP contribution in [0.5, 0.6) is 5.75 Å². The zero-order chi connectivity index (χ0) is 40.0. The van der Waals surface area contributed by atoms with Crippen molar-refractivity contribution in [1.29, 1.82) is 0 Å². The first-order valence-corrected chi connectivity index (χ1v) is 20.1. The maximum atomic E-state index is 12.2. The first-order chi connectivity index (χ1) is 26.5. The van der Waals surface area contributed by atoms with Crippen LogP contribution in [0.25, 0.3) is 32.3 Å². The van der Waals surface area contributed by atoms with Gasteiger partial charge in [0, 0.05) is 32.6 Å². The maximum absolute atomic E-state index is 12.2. The van der Waals surface area contributed by atoms with Gasteiger partial charge in [0.05, 0.1) is 43.1 Å². The van der Waals surface area contributed by atoms with Gasteiger partial charge in [-0.15, -0.1) is 25.6 Å². The molecule has 0 aliphatic rings. The summed E-state index contributed by atoms with van der Waals surface area (Å²) in [6.45, 7) is 0. The summed E-state index contributed by atoms with van der Waals surface area (Å²) in [6.07, 6.45) is 0. The molecule has 0 amide bonds. The maximum Gasteiger partial charge on any atom is 1.00 e. The molecule has 0 unspecified atom stereocenters. The SMILES string of the molecule is Nc1ccc2c(O)c(N=Nc3ccc(N=Nc4ccc(N=Nc5cccc(S(=O)(=O)[O-])c5)c5ccccc45)c4cc(S(=O)(=O)[O-])ccc34)c(S(=O)(=O)[O-])cc2c1.[Na+].[Na+].[Na+]. The van der Waals surface area contributed by atoms with Gasteiger partial charge in [-0.3, -0.25) is 0 Å². The second kappa shape index (κ2) is 19.0. The van der Waals surface area contributed by atoms with E-state index in [-0.39, 0.29) is 133 Å². The number of hydrogen-bond acceptors (Lipinski definition) is 17. The normalized spacial score (nSPS) is 12.3. The largest absolute Gasteiger partial charge is 1.00 e. The molecule has 0 aliphatic carbocycles. The van der Waals surface area contributed by atoms with E-state index < -0.39 is 56.5 Å². The van der Waals surface area contributed by atoms with E-state index >= 15 is 0 Å². The Labute approximate surface area is 402 Å². The minimum absolute atomic E-state index is 0. The summed E-state index contributed by atoms with van der Waals surface area (Å²) < 4.78 is 107. The van der Waals surface area contributed by atoms with Crippen LogP contribution in [0.4, 0.5) is 39.8 Å². The smallest absolute Gasteiger partial charge is 0.744 e. The summed E-state index contributed by atoms with van der Waals surface area (Å²) in [5.74, 6) is -0.654. The summed E-state index contributed by atoms with van der Waals surface area (Å²) in [5, 5.41) is 37.7. The topological polar surface area (TPSA) is 292 Å². The molecule has 0 aromatic heterocycles. The van der Waals surface area contributed by atoms with Gasteiger partial charge in [-0.2, -0.15) is 5.11 Å². The van der Waals surface area contributed by atoms with E-state index in [0.29, 0.717) is 22.1 Å². The zero-order valence-corrected chi connectivity index (χ0v) is 39.5. The average Bonchev–Trinajstić information content (AvgIpc) is 3.15. The van der Waals surface area contributed by atoms with Crippen molar-refractivity contribution in [2.24, 2.45) is 30.7 Å². The summed E-state index contributed by atoms with van der Waals surface area (Å²) in [7, 11) is -14.8. The zero-order valence-electron chi connectivity index (χ0n) is 31.1. The van der Waals surface area contributed by atoms with Crippen LogP contribution in [0, 0.1) is 0 Å². The Morgan fingerprint density at radius 1 is 0.458 bits per heavy atom. The number of benzene rings is 7. The van der Waals surface area contributed by atoms with Crippen molar-refractivity contribution in [2.45, 2.75) is 14.7 Å². The van der Waals surface area contributed by atoms with Crippen molar-refractivity contribution >= 4 is 102 Å². The number of nitrogens with two attached hydrogens (primary N) is 1. The second-order valence-corrected chi connectivity index (χ2v) is 16.1. The van der Waals surface area contributed by atoms with Crippen LogP contribution in [0.2, 0.25) is 0 Å². The van der Waals surface area contributed by atoms with Crippen LogP contribution in [-0.2, 0) is 30.4 Å². The number of phenols is 1. The number of nitrogen functional groups attached to an aromatic ring is 1. The molecular weight excluding hydrogens is 856 g/mol. The van der Waals surface area contributed by atoms with E-state index in [1.807, 2.05) is 0 Å². The van der Waals surface area contributed by atoms with Crippen molar-refractivity contribution in [1.82, 2.24) is 0 Å². The first kappa shape index (κ1) is 48.1. The number of hydrogen-bond donors (Lipinski definition) is 2. The predicted molar refractivity (Wildman–Crippen MR) is 201 cm³/mol. The fraction of sp³-hybridized carbons (Fsp3) is 0. The molecule has 0 spiro atoms. The summed E-state index contributed by atoms with van der Waals surface area (Å²) in [5.41, 5.74) is 6.31. The minimum Gasteiger partial charge on any atom is -0.744 e. The molecule has 0 aliphatic heterocycles. The molecule has 7 aromatic carbocycles. The van der Waals surface area contributed by atoms with Crippen molar-refractivity contribution in [3.63, 3.8) is 0 Å². The molecule has 7 rings (SSSR count). The molecule has 3 N–H and O–H groups in total. The number of nitrogens with zero attached hydrogens (tertiary/aromatic N) is 6. The Balaban J connectivity index is 0.00000256. The fourth-order valence-corrected chi connectivity index (χ4v) is 7.40.